The van der Waals surface area contributed by atoms with Crippen LogP contribution in [0.4, 0.5) is 13.2 Å². The van der Waals surface area contributed by atoms with Crippen molar-refractivity contribution in [2.75, 3.05) is 0 Å². The zero-order valence-corrected chi connectivity index (χ0v) is 9.00. The Morgan fingerprint density at radius 1 is 1.29 bits per heavy atom. The number of hydrogen-bond acceptors (Lipinski definition) is 1. The van der Waals surface area contributed by atoms with Crippen LogP contribution in [0.3, 0.4) is 0 Å². The predicted octanol–water partition coefficient (Wildman–Crippen LogP) is 3.71. The largest absolute Gasteiger partial charge is 0.416 e. The highest BCUT2D eigenvalue weighted by Crippen LogP contribution is 2.41. The first-order valence-corrected chi connectivity index (χ1v) is 5.27. The van der Waals surface area contributed by atoms with Gasteiger partial charge in [-0.25, -0.2) is 0 Å². The van der Waals surface area contributed by atoms with Crippen molar-refractivity contribution >= 4 is 5.78 Å². The lowest BCUT2D eigenvalue weighted by molar-refractivity contribution is -0.137. The molecule has 1 fully saturated rings. The molecule has 0 radical (unpaired) electrons. The number of alkyl halides is 3. The van der Waals surface area contributed by atoms with E-state index < -0.39 is 11.7 Å². The molecule has 1 aromatic rings. The Morgan fingerprint density at radius 2 is 1.88 bits per heavy atom. The molecule has 2 atom stereocenters. The van der Waals surface area contributed by atoms with E-state index in [1.807, 2.05) is 0 Å². The summed E-state index contributed by atoms with van der Waals surface area (Å²) in [7, 11) is 0. The Kier molecular flexibility index (Phi) is 2.81. The number of Topliss-reactive ketones (excluding diaryl/α,β-unsaturated/α-hetero) is 1. The van der Waals surface area contributed by atoms with Crippen molar-refractivity contribution in [2.24, 2.45) is 11.8 Å². The Morgan fingerprint density at radius 3 is 2.29 bits per heavy atom. The summed E-state index contributed by atoms with van der Waals surface area (Å²) in [5.74, 6) is -0.00217. The fraction of sp³-hybridized carbons (Fsp3) is 0.308. The number of rotatable bonds is 3. The molecule has 1 aromatic carbocycles. The summed E-state index contributed by atoms with van der Waals surface area (Å²) in [5.41, 5.74) is -0.391. The van der Waals surface area contributed by atoms with Gasteiger partial charge in [0.2, 0.25) is 0 Å². The number of allylic oxidation sites excluding steroid dienone is 1. The second kappa shape index (κ2) is 4.02. The SMILES string of the molecule is C=C[C@@H]1C[C@H]1C(=O)c1ccc(C(F)(F)F)cc1. The summed E-state index contributed by atoms with van der Waals surface area (Å²) in [6, 6.07) is 4.37. The third-order valence-electron chi connectivity index (χ3n) is 2.98. The highest BCUT2D eigenvalue weighted by Gasteiger charge is 2.41. The van der Waals surface area contributed by atoms with E-state index in [0.29, 0.717) is 5.56 Å². The summed E-state index contributed by atoms with van der Waals surface area (Å²) in [6.45, 7) is 3.59. The van der Waals surface area contributed by atoms with Gasteiger partial charge in [-0.15, -0.1) is 6.58 Å². The van der Waals surface area contributed by atoms with E-state index in [-0.39, 0.29) is 17.6 Å². The van der Waals surface area contributed by atoms with Crippen molar-refractivity contribution in [1.29, 1.82) is 0 Å². The zero-order chi connectivity index (χ0) is 12.6. The molecule has 0 heterocycles. The van der Waals surface area contributed by atoms with E-state index in [2.05, 4.69) is 6.58 Å². The first kappa shape index (κ1) is 11.9. The summed E-state index contributed by atoms with van der Waals surface area (Å²) in [6.07, 6.45) is -1.89. The van der Waals surface area contributed by atoms with Crippen LogP contribution in [0.2, 0.25) is 0 Å². The third-order valence-corrected chi connectivity index (χ3v) is 2.98. The molecular weight excluding hydrogens is 229 g/mol. The van der Waals surface area contributed by atoms with Crippen LogP contribution >= 0.6 is 0 Å². The smallest absolute Gasteiger partial charge is 0.294 e. The Balaban J connectivity index is 2.14. The minimum Gasteiger partial charge on any atom is -0.294 e. The van der Waals surface area contributed by atoms with Crippen LogP contribution in [-0.2, 0) is 6.18 Å². The molecule has 0 aliphatic heterocycles. The molecule has 0 N–H and O–H groups in total. The van der Waals surface area contributed by atoms with Crippen LogP contribution in [-0.4, -0.2) is 5.78 Å². The number of carbonyl (C=O) groups excluding carboxylic acids is 1. The van der Waals surface area contributed by atoms with Gasteiger partial charge in [-0.2, -0.15) is 13.2 Å². The molecule has 1 aliphatic rings. The summed E-state index contributed by atoms with van der Waals surface area (Å²) in [4.78, 5) is 11.8. The maximum Gasteiger partial charge on any atom is 0.416 e. The van der Waals surface area contributed by atoms with E-state index in [0.717, 1.165) is 18.6 Å². The second-order valence-corrected chi connectivity index (χ2v) is 4.18. The summed E-state index contributed by atoms with van der Waals surface area (Å²) in [5, 5.41) is 0. The van der Waals surface area contributed by atoms with E-state index in [9.17, 15) is 18.0 Å². The molecule has 0 unspecified atom stereocenters. The van der Waals surface area contributed by atoms with Gasteiger partial charge in [0.1, 0.15) is 0 Å². The average Bonchev–Trinajstić information content (AvgIpc) is 3.06. The van der Waals surface area contributed by atoms with Gasteiger partial charge in [0.05, 0.1) is 5.56 Å². The van der Waals surface area contributed by atoms with Gasteiger partial charge in [-0.1, -0.05) is 18.2 Å². The minimum atomic E-state index is -4.36. The lowest BCUT2D eigenvalue weighted by Gasteiger charge is -2.06. The zero-order valence-electron chi connectivity index (χ0n) is 9.00. The third kappa shape index (κ3) is 2.40. The Labute approximate surface area is 96.9 Å². The van der Waals surface area contributed by atoms with Crippen molar-refractivity contribution in [1.82, 2.24) is 0 Å². The monoisotopic (exact) mass is 240 g/mol. The van der Waals surface area contributed by atoms with Crippen molar-refractivity contribution in [3.05, 3.63) is 48.0 Å². The quantitative estimate of drug-likeness (QED) is 0.581. The van der Waals surface area contributed by atoms with E-state index in [4.69, 9.17) is 0 Å². The van der Waals surface area contributed by atoms with Gasteiger partial charge in [0.15, 0.2) is 5.78 Å². The van der Waals surface area contributed by atoms with Crippen LogP contribution in [0, 0.1) is 11.8 Å². The van der Waals surface area contributed by atoms with Gasteiger partial charge in [-0.3, -0.25) is 4.79 Å². The second-order valence-electron chi connectivity index (χ2n) is 4.18. The molecule has 0 spiro atoms. The first-order chi connectivity index (χ1) is 7.93. The normalized spacial score (nSPS) is 23.2. The van der Waals surface area contributed by atoms with E-state index in [1.54, 1.807) is 6.08 Å². The van der Waals surface area contributed by atoms with E-state index >= 15 is 0 Å². The van der Waals surface area contributed by atoms with E-state index in [1.165, 1.54) is 12.1 Å². The molecule has 1 nitrogen and oxygen atoms in total. The molecule has 17 heavy (non-hydrogen) atoms. The molecule has 0 aromatic heterocycles. The van der Waals surface area contributed by atoms with Gasteiger partial charge in [-0.05, 0) is 24.5 Å². The maximum atomic E-state index is 12.3. The van der Waals surface area contributed by atoms with Crippen LogP contribution < -0.4 is 0 Å². The van der Waals surface area contributed by atoms with Crippen molar-refractivity contribution in [3.8, 4) is 0 Å². The van der Waals surface area contributed by atoms with Gasteiger partial charge in [0.25, 0.3) is 0 Å². The number of carbonyl (C=O) groups is 1. The van der Waals surface area contributed by atoms with Gasteiger partial charge in [0, 0.05) is 11.5 Å². The molecule has 1 saturated carbocycles. The van der Waals surface area contributed by atoms with Gasteiger partial charge >= 0.3 is 6.18 Å². The lowest BCUT2D eigenvalue weighted by atomic mass is 10.0. The fourth-order valence-corrected chi connectivity index (χ4v) is 1.81. The molecular formula is C13H11F3O. The maximum absolute atomic E-state index is 12.3. The summed E-state index contributed by atoms with van der Waals surface area (Å²) >= 11 is 0. The van der Waals surface area contributed by atoms with Crippen molar-refractivity contribution in [3.63, 3.8) is 0 Å². The van der Waals surface area contributed by atoms with Crippen LogP contribution in [0.25, 0.3) is 0 Å². The van der Waals surface area contributed by atoms with Crippen LogP contribution in [0.15, 0.2) is 36.9 Å². The summed E-state index contributed by atoms with van der Waals surface area (Å²) < 4.78 is 36.9. The molecule has 4 heteroatoms. The van der Waals surface area contributed by atoms with Crippen LogP contribution in [0.1, 0.15) is 22.3 Å². The van der Waals surface area contributed by atoms with Crippen molar-refractivity contribution in [2.45, 2.75) is 12.6 Å². The molecule has 1 aliphatic carbocycles. The van der Waals surface area contributed by atoms with Crippen molar-refractivity contribution < 1.29 is 18.0 Å². The van der Waals surface area contributed by atoms with Gasteiger partial charge < -0.3 is 0 Å². The number of ketones is 1. The average molecular weight is 240 g/mol. The molecule has 0 amide bonds. The minimum absolute atomic E-state index is 0.0933. The lowest BCUT2D eigenvalue weighted by Crippen LogP contribution is -2.07. The Bertz CT molecular complexity index is 445. The molecule has 2 rings (SSSR count). The predicted molar refractivity (Wildman–Crippen MR) is 57.6 cm³/mol. The highest BCUT2D eigenvalue weighted by atomic mass is 19.4. The highest BCUT2D eigenvalue weighted by molar-refractivity contribution is 5.99. The standard InChI is InChI=1S/C13H11F3O/c1-2-8-7-11(8)12(17)9-3-5-10(6-4-9)13(14,15)16/h2-6,8,11H,1,7H2/t8-,11-/m1/s1. The number of halogens is 3. The molecule has 90 valence electrons. The topological polar surface area (TPSA) is 17.1 Å². The Hall–Kier alpha value is -1.58. The fourth-order valence-electron chi connectivity index (χ4n) is 1.81. The van der Waals surface area contributed by atoms with Crippen LogP contribution in [0.5, 0.6) is 0 Å². The first-order valence-electron chi connectivity index (χ1n) is 5.27. The molecule has 0 bridgehead atoms. The molecule has 0 saturated heterocycles. The number of hydrogen-bond donors (Lipinski definition) is 0. The number of benzene rings is 1.